The zero-order valence-electron chi connectivity index (χ0n) is 18.3. The molecule has 2 aromatic rings. The van der Waals surface area contributed by atoms with E-state index in [1.807, 2.05) is 71.9 Å². The average molecular weight is 397 g/mol. The van der Waals surface area contributed by atoms with Gasteiger partial charge in [0.2, 0.25) is 5.91 Å². The molecule has 156 valence electrons. The first-order valence-corrected chi connectivity index (χ1v) is 10.5. The highest BCUT2D eigenvalue weighted by Gasteiger charge is 2.51. The van der Waals surface area contributed by atoms with Crippen molar-refractivity contribution in [2.75, 3.05) is 5.32 Å². The molecular weight excluding hydrogens is 365 g/mol. The van der Waals surface area contributed by atoms with Gasteiger partial charge in [-0.05, 0) is 51.6 Å². The molecule has 0 radical (unpaired) electrons. The van der Waals surface area contributed by atoms with Gasteiger partial charge in [0, 0.05) is 17.7 Å². The van der Waals surface area contributed by atoms with E-state index in [0.717, 1.165) is 16.7 Å². The van der Waals surface area contributed by atoms with E-state index in [-0.39, 0.29) is 24.2 Å². The first kappa shape index (κ1) is 21.6. The zero-order chi connectivity index (χ0) is 21.2. The molecule has 29 heavy (non-hydrogen) atoms. The predicted octanol–water partition coefficient (Wildman–Crippen LogP) is 3.79. The quantitative estimate of drug-likeness (QED) is 0.753. The number of hydrogen-bond acceptors (Lipinski definition) is 4. The van der Waals surface area contributed by atoms with E-state index in [1.165, 1.54) is 12.8 Å². The fraction of sp³-hybridized carbons (Fsp3) is 0.545. The van der Waals surface area contributed by atoms with Crippen LogP contribution in [0.1, 0.15) is 71.6 Å². The number of benzene rings is 1. The third-order valence-electron chi connectivity index (χ3n) is 5.75. The van der Waals surface area contributed by atoms with Crippen LogP contribution in [0.3, 0.4) is 0 Å². The lowest BCUT2D eigenvalue weighted by atomic mass is 9.79. The van der Waals surface area contributed by atoms with Crippen molar-refractivity contribution < 1.29 is 14.1 Å². The standard InChI is InChI=1S/C20H26BN3O3.C2H6/c1-19(2)20(3,4)27-21(26-19)15-9-5-13(6-10-15)11-18(25)22-17-12-16(23-24-17)14-7-8-14;1-2/h5-6,9-10,12,14H,7-8,11H2,1-4H3,(H2,22,23,24,25);1-2H3. The molecule has 6 nitrogen and oxygen atoms in total. The number of amides is 1. The molecule has 1 saturated heterocycles. The molecule has 2 N–H and O–H groups in total. The number of rotatable bonds is 5. The van der Waals surface area contributed by atoms with Crippen LogP contribution >= 0.6 is 0 Å². The van der Waals surface area contributed by atoms with Crippen LogP contribution in [-0.2, 0) is 20.5 Å². The fourth-order valence-electron chi connectivity index (χ4n) is 3.15. The van der Waals surface area contributed by atoms with Gasteiger partial charge in [-0.25, -0.2) is 0 Å². The monoisotopic (exact) mass is 397 g/mol. The van der Waals surface area contributed by atoms with E-state index >= 15 is 0 Å². The van der Waals surface area contributed by atoms with Crippen molar-refractivity contribution in [1.29, 1.82) is 0 Å². The lowest BCUT2D eigenvalue weighted by Crippen LogP contribution is -2.41. The topological polar surface area (TPSA) is 76.2 Å². The van der Waals surface area contributed by atoms with Gasteiger partial charge in [-0.15, -0.1) is 0 Å². The summed E-state index contributed by atoms with van der Waals surface area (Å²) in [5, 5.41) is 10.0. The Bertz CT molecular complexity index is 825. The number of anilines is 1. The Morgan fingerprint density at radius 2 is 1.72 bits per heavy atom. The molecule has 2 aliphatic rings. The average Bonchev–Trinajstić information content (AvgIpc) is 3.37. The van der Waals surface area contributed by atoms with Crippen LogP contribution in [-0.4, -0.2) is 34.4 Å². The maximum absolute atomic E-state index is 12.3. The largest absolute Gasteiger partial charge is 0.494 e. The minimum absolute atomic E-state index is 0.0766. The van der Waals surface area contributed by atoms with Gasteiger partial charge in [-0.3, -0.25) is 9.89 Å². The smallest absolute Gasteiger partial charge is 0.399 e. The van der Waals surface area contributed by atoms with Crippen molar-refractivity contribution >= 4 is 24.3 Å². The zero-order valence-corrected chi connectivity index (χ0v) is 18.3. The summed E-state index contributed by atoms with van der Waals surface area (Å²) < 4.78 is 12.1. The van der Waals surface area contributed by atoms with E-state index < -0.39 is 0 Å². The Kier molecular flexibility index (Phi) is 6.20. The van der Waals surface area contributed by atoms with Crippen LogP contribution in [0.2, 0.25) is 0 Å². The number of aromatic amines is 1. The molecule has 1 amide bonds. The van der Waals surface area contributed by atoms with Crippen molar-refractivity contribution in [2.24, 2.45) is 0 Å². The van der Waals surface area contributed by atoms with Crippen LogP contribution < -0.4 is 10.8 Å². The number of carbonyl (C=O) groups excluding carboxylic acids is 1. The van der Waals surface area contributed by atoms with Gasteiger partial charge in [0.1, 0.15) is 0 Å². The number of H-pyrrole nitrogens is 1. The summed E-state index contributed by atoms with van der Waals surface area (Å²) >= 11 is 0. The Labute approximate surface area is 173 Å². The lowest BCUT2D eigenvalue weighted by molar-refractivity contribution is -0.115. The number of nitrogens with zero attached hydrogens (tertiary/aromatic N) is 1. The van der Waals surface area contributed by atoms with E-state index in [9.17, 15) is 4.79 Å². The molecule has 4 rings (SSSR count). The van der Waals surface area contributed by atoms with Crippen LogP contribution in [0.15, 0.2) is 30.3 Å². The second-order valence-corrected chi connectivity index (χ2v) is 8.54. The van der Waals surface area contributed by atoms with Gasteiger partial charge >= 0.3 is 7.12 Å². The highest BCUT2D eigenvalue weighted by molar-refractivity contribution is 6.62. The van der Waals surface area contributed by atoms with Crippen molar-refractivity contribution in [1.82, 2.24) is 10.2 Å². The maximum atomic E-state index is 12.3. The molecule has 1 saturated carbocycles. The number of hydrogen-bond donors (Lipinski definition) is 2. The molecule has 2 fully saturated rings. The first-order chi connectivity index (χ1) is 13.7. The molecule has 1 aromatic heterocycles. The first-order valence-electron chi connectivity index (χ1n) is 10.5. The second kappa shape index (κ2) is 8.32. The van der Waals surface area contributed by atoms with Crippen LogP contribution in [0.4, 0.5) is 5.82 Å². The molecule has 0 spiro atoms. The third-order valence-corrected chi connectivity index (χ3v) is 5.75. The molecular formula is C22H32BN3O3. The predicted molar refractivity (Wildman–Crippen MR) is 116 cm³/mol. The molecule has 1 aliphatic carbocycles. The molecule has 1 aromatic carbocycles. The minimum atomic E-state index is -0.386. The summed E-state index contributed by atoms with van der Waals surface area (Å²) in [5.41, 5.74) is 2.28. The Morgan fingerprint density at radius 1 is 1.14 bits per heavy atom. The normalized spacial score (nSPS) is 19.4. The van der Waals surface area contributed by atoms with Crippen molar-refractivity contribution in [3.05, 3.63) is 41.6 Å². The fourth-order valence-corrected chi connectivity index (χ4v) is 3.15. The Morgan fingerprint density at radius 3 is 2.28 bits per heavy atom. The van der Waals surface area contributed by atoms with E-state index in [1.54, 1.807) is 0 Å². The number of aromatic nitrogens is 2. The number of nitrogens with one attached hydrogen (secondary N) is 2. The van der Waals surface area contributed by atoms with Crippen molar-refractivity contribution in [3.8, 4) is 0 Å². The Balaban J connectivity index is 0.00000117. The van der Waals surface area contributed by atoms with Gasteiger partial charge in [-0.1, -0.05) is 38.1 Å². The summed E-state index contributed by atoms with van der Waals surface area (Å²) in [6.45, 7) is 12.1. The van der Waals surface area contributed by atoms with Gasteiger partial charge in [0.15, 0.2) is 5.82 Å². The summed E-state index contributed by atoms with van der Waals surface area (Å²) in [7, 11) is -0.386. The Hall–Kier alpha value is -2.12. The summed E-state index contributed by atoms with van der Waals surface area (Å²) in [4.78, 5) is 12.3. The van der Waals surface area contributed by atoms with Gasteiger partial charge in [-0.2, -0.15) is 5.10 Å². The molecule has 0 unspecified atom stereocenters. The maximum Gasteiger partial charge on any atom is 0.494 e. The van der Waals surface area contributed by atoms with Crippen LogP contribution in [0.5, 0.6) is 0 Å². The SMILES string of the molecule is CC.CC1(C)OB(c2ccc(CC(=O)Nc3cc(C4CC4)[nH]n3)cc2)OC1(C)C. The summed E-state index contributed by atoms with van der Waals surface area (Å²) in [6.07, 6.45) is 2.70. The van der Waals surface area contributed by atoms with Crippen molar-refractivity contribution in [2.45, 2.75) is 77.9 Å². The van der Waals surface area contributed by atoms with Gasteiger partial charge < -0.3 is 14.6 Å². The van der Waals surface area contributed by atoms with Crippen LogP contribution in [0.25, 0.3) is 0 Å². The molecule has 2 heterocycles. The third kappa shape index (κ3) is 4.90. The summed E-state index contributed by atoms with van der Waals surface area (Å²) in [5.74, 6) is 1.11. The highest BCUT2D eigenvalue weighted by atomic mass is 16.7. The second-order valence-electron chi connectivity index (χ2n) is 8.54. The van der Waals surface area contributed by atoms with E-state index in [4.69, 9.17) is 9.31 Å². The van der Waals surface area contributed by atoms with Gasteiger partial charge in [0.05, 0.1) is 17.6 Å². The summed E-state index contributed by atoms with van der Waals surface area (Å²) in [6, 6.07) is 9.74. The van der Waals surface area contributed by atoms with E-state index in [2.05, 4.69) is 15.5 Å². The highest BCUT2D eigenvalue weighted by Crippen LogP contribution is 2.39. The van der Waals surface area contributed by atoms with Crippen LogP contribution in [0, 0.1) is 0 Å². The molecule has 0 bridgehead atoms. The molecule has 1 aliphatic heterocycles. The lowest BCUT2D eigenvalue weighted by Gasteiger charge is -2.32. The van der Waals surface area contributed by atoms with Crippen molar-refractivity contribution in [3.63, 3.8) is 0 Å². The molecule has 0 atom stereocenters. The van der Waals surface area contributed by atoms with E-state index in [0.29, 0.717) is 18.2 Å². The minimum Gasteiger partial charge on any atom is -0.399 e. The number of carbonyl (C=O) groups is 1. The molecule has 7 heteroatoms. The van der Waals surface area contributed by atoms with Gasteiger partial charge in [0.25, 0.3) is 0 Å².